The van der Waals surface area contributed by atoms with Gasteiger partial charge in [-0.2, -0.15) is 26.3 Å². The summed E-state index contributed by atoms with van der Waals surface area (Å²) in [6.07, 6.45) is -10.9. The highest BCUT2D eigenvalue weighted by Crippen LogP contribution is 2.59. The number of likely N-dealkylation sites (tertiary alicyclic amines) is 1. The molecule has 0 bridgehead atoms. The maximum atomic E-state index is 13.7. The molecule has 0 unspecified atom stereocenters. The first-order chi connectivity index (χ1) is 15.2. The largest absolute Gasteiger partial charge is 0.417 e. The van der Waals surface area contributed by atoms with Gasteiger partial charge < -0.3 is 4.90 Å². The molecular weight excluding hydrogens is 480 g/mol. The lowest BCUT2D eigenvalue weighted by atomic mass is 10.1. The van der Waals surface area contributed by atoms with Crippen LogP contribution in [0.4, 0.5) is 26.3 Å². The fourth-order valence-corrected chi connectivity index (χ4v) is 5.79. The molecule has 15 heteroatoms. The average Bonchev–Trinajstić information content (AvgIpc) is 3.19. The predicted molar refractivity (Wildman–Crippen MR) is 98.8 cm³/mol. The summed E-state index contributed by atoms with van der Waals surface area (Å²) >= 11 is 0. The third-order valence-corrected chi connectivity index (χ3v) is 8.12. The third-order valence-electron chi connectivity index (χ3n) is 5.89. The number of aryl methyl sites for hydroxylation is 1. The number of sulfone groups is 1. The van der Waals surface area contributed by atoms with E-state index in [0.717, 1.165) is 21.8 Å². The minimum Gasteiger partial charge on any atom is -0.341 e. The molecule has 1 aliphatic carbocycles. The molecule has 1 atom stereocenters. The minimum absolute atomic E-state index is 0.175. The molecule has 2 aliphatic rings. The average molecular weight is 497 g/mol. The molecule has 2 fully saturated rings. The number of hydrogen-bond donors (Lipinski definition) is 0. The van der Waals surface area contributed by atoms with Gasteiger partial charge in [0.2, 0.25) is 5.91 Å². The zero-order chi connectivity index (χ0) is 24.4. The van der Waals surface area contributed by atoms with Gasteiger partial charge in [0.05, 0.1) is 21.4 Å². The van der Waals surface area contributed by atoms with E-state index < -0.39 is 68.6 Å². The molecule has 1 amide bonds. The van der Waals surface area contributed by atoms with E-state index in [1.165, 1.54) is 6.92 Å². The zero-order valence-corrected chi connectivity index (χ0v) is 17.8. The van der Waals surface area contributed by atoms with E-state index in [2.05, 4.69) is 15.4 Å². The van der Waals surface area contributed by atoms with Crippen LogP contribution >= 0.6 is 0 Å². The van der Waals surface area contributed by atoms with Crippen LogP contribution in [0.1, 0.15) is 30.7 Å². The summed E-state index contributed by atoms with van der Waals surface area (Å²) < 4.78 is 107. The van der Waals surface area contributed by atoms with Crippen LogP contribution in [-0.4, -0.2) is 63.9 Å². The Kier molecular flexibility index (Phi) is 5.26. The Morgan fingerprint density at radius 3 is 2.33 bits per heavy atom. The van der Waals surface area contributed by atoms with Crippen LogP contribution < -0.4 is 0 Å². The molecule has 1 saturated carbocycles. The van der Waals surface area contributed by atoms with Gasteiger partial charge >= 0.3 is 12.4 Å². The molecule has 0 spiro atoms. The van der Waals surface area contributed by atoms with Crippen LogP contribution in [0.3, 0.4) is 0 Å². The van der Waals surface area contributed by atoms with Crippen molar-refractivity contribution in [3.63, 3.8) is 0 Å². The van der Waals surface area contributed by atoms with Crippen molar-refractivity contribution >= 4 is 15.7 Å². The van der Waals surface area contributed by atoms with Crippen LogP contribution in [-0.2, 0) is 20.8 Å². The topological polar surface area (TPSA) is 98.0 Å². The van der Waals surface area contributed by atoms with Crippen molar-refractivity contribution in [2.24, 2.45) is 5.41 Å². The Hall–Kier alpha value is -2.71. The molecular formula is C18H17F6N5O3S. The van der Waals surface area contributed by atoms with Crippen molar-refractivity contribution in [3.05, 3.63) is 29.6 Å². The quantitative estimate of drug-likeness (QED) is 0.603. The molecule has 1 aliphatic heterocycles. The lowest BCUT2D eigenvalue weighted by molar-refractivity contribution is -0.197. The number of rotatable bonds is 4. The summed E-state index contributed by atoms with van der Waals surface area (Å²) in [6, 6.07) is 2.40. The number of nitrogens with zero attached hydrogens (tertiary/aromatic N) is 5. The molecule has 2 heterocycles. The van der Waals surface area contributed by atoms with Gasteiger partial charge in [0.15, 0.2) is 15.7 Å². The van der Waals surface area contributed by atoms with Gasteiger partial charge in [-0.05, 0) is 49.6 Å². The van der Waals surface area contributed by atoms with Crippen molar-refractivity contribution in [3.8, 4) is 5.69 Å². The Morgan fingerprint density at radius 2 is 1.82 bits per heavy atom. The summed E-state index contributed by atoms with van der Waals surface area (Å²) in [5.74, 6) is -1.05. The highest BCUT2D eigenvalue weighted by molar-refractivity contribution is 7.92. The van der Waals surface area contributed by atoms with Gasteiger partial charge in [-0.25, -0.2) is 8.42 Å². The van der Waals surface area contributed by atoms with Gasteiger partial charge in [0.1, 0.15) is 5.41 Å². The first-order valence-electron chi connectivity index (χ1n) is 9.75. The monoisotopic (exact) mass is 497 g/mol. The fraction of sp³-hybridized carbons (Fsp3) is 0.556. The fourth-order valence-electron chi connectivity index (χ4n) is 3.90. The van der Waals surface area contributed by atoms with Gasteiger partial charge in [-0.3, -0.25) is 4.79 Å². The molecule has 1 aromatic carbocycles. The molecule has 8 nitrogen and oxygen atoms in total. The van der Waals surface area contributed by atoms with Crippen LogP contribution in [0, 0.1) is 12.3 Å². The summed E-state index contributed by atoms with van der Waals surface area (Å²) in [7, 11) is -4.63. The molecule has 2 aromatic rings. The second kappa shape index (κ2) is 7.40. The number of hydrogen-bond acceptors (Lipinski definition) is 6. The molecule has 0 radical (unpaired) electrons. The molecule has 4 rings (SSSR count). The Labute approximate surface area is 183 Å². The predicted octanol–water partition coefficient (Wildman–Crippen LogP) is 2.71. The zero-order valence-electron chi connectivity index (χ0n) is 17.0. The summed E-state index contributed by atoms with van der Waals surface area (Å²) in [5, 5.41) is 9.45. The molecule has 1 aromatic heterocycles. The van der Waals surface area contributed by atoms with Gasteiger partial charge in [-0.1, -0.05) is 0 Å². The van der Waals surface area contributed by atoms with Crippen molar-refractivity contribution in [1.82, 2.24) is 25.1 Å². The van der Waals surface area contributed by atoms with E-state index >= 15 is 0 Å². The van der Waals surface area contributed by atoms with E-state index in [9.17, 15) is 39.6 Å². The SMILES string of the molecule is Cc1nnn(-c2ccc(S(=O)(=O)[C@@H]3CCN(C(=O)C4(C(F)(F)F)CC4)C3)c(C(F)(F)F)c2)n1. The number of alkyl halides is 6. The minimum atomic E-state index is -5.06. The van der Waals surface area contributed by atoms with Crippen molar-refractivity contribution in [1.29, 1.82) is 0 Å². The van der Waals surface area contributed by atoms with Gasteiger partial charge in [0, 0.05) is 13.1 Å². The number of amides is 1. The molecule has 0 N–H and O–H groups in total. The number of halogens is 6. The van der Waals surface area contributed by atoms with Gasteiger partial charge in [-0.15, -0.1) is 15.0 Å². The lowest BCUT2D eigenvalue weighted by Gasteiger charge is -2.25. The highest BCUT2D eigenvalue weighted by atomic mass is 32.2. The smallest absolute Gasteiger partial charge is 0.341 e. The van der Waals surface area contributed by atoms with E-state index in [0.29, 0.717) is 6.07 Å². The van der Waals surface area contributed by atoms with Crippen LogP contribution in [0.5, 0.6) is 0 Å². The van der Waals surface area contributed by atoms with Crippen LogP contribution in [0.2, 0.25) is 0 Å². The normalized spacial score (nSPS) is 20.8. The summed E-state index contributed by atoms with van der Waals surface area (Å²) in [5.41, 5.74) is -4.16. The van der Waals surface area contributed by atoms with Crippen molar-refractivity contribution in [2.75, 3.05) is 13.1 Å². The summed E-state index contributed by atoms with van der Waals surface area (Å²) in [4.78, 5) is 13.0. The third kappa shape index (κ3) is 3.95. The lowest BCUT2D eigenvalue weighted by Crippen LogP contribution is -2.43. The Bertz CT molecular complexity index is 1200. The Morgan fingerprint density at radius 1 is 1.15 bits per heavy atom. The standard InChI is InChI=1S/C18H17F6N5O3S/c1-10-25-27-29(26-10)11-2-3-14(13(8-11)17(19,20)21)33(31,32)12-4-7-28(9-12)15(30)16(5-6-16)18(22,23)24/h2-3,8,12H,4-7,9H2,1H3/t12-/m1/s1. The molecule has 180 valence electrons. The van der Waals surface area contributed by atoms with Crippen LogP contribution in [0.15, 0.2) is 23.1 Å². The Balaban J connectivity index is 1.64. The number of carbonyl (C=O) groups is 1. The molecule has 33 heavy (non-hydrogen) atoms. The van der Waals surface area contributed by atoms with Crippen molar-refractivity contribution < 1.29 is 39.6 Å². The maximum Gasteiger partial charge on any atom is 0.417 e. The second-order valence-electron chi connectivity index (χ2n) is 8.09. The number of tetrazole rings is 1. The number of carbonyl (C=O) groups excluding carboxylic acids is 1. The van der Waals surface area contributed by atoms with Crippen molar-refractivity contribution in [2.45, 2.75) is 48.7 Å². The van der Waals surface area contributed by atoms with E-state index in [-0.39, 0.29) is 24.5 Å². The summed E-state index contributed by atoms with van der Waals surface area (Å²) in [6.45, 7) is 0.564. The maximum absolute atomic E-state index is 13.7. The van der Waals surface area contributed by atoms with Gasteiger partial charge in [0.25, 0.3) is 0 Å². The van der Waals surface area contributed by atoms with E-state index in [1.54, 1.807) is 0 Å². The first-order valence-corrected chi connectivity index (χ1v) is 11.3. The van der Waals surface area contributed by atoms with E-state index in [1.807, 2.05) is 0 Å². The number of benzene rings is 1. The second-order valence-corrected chi connectivity index (χ2v) is 10.3. The van der Waals surface area contributed by atoms with E-state index in [4.69, 9.17) is 0 Å². The first kappa shape index (κ1) is 23.4. The van der Waals surface area contributed by atoms with Crippen LogP contribution in [0.25, 0.3) is 5.69 Å². The molecule has 1 saturated heterocycles. The highest BCUT2D eigenvalue weighted by Gasteiger charge is 2.69. The number of aromatic nitrogens is 4.